The molecule has 1 unspecified atom stereocenters. The molecule has 0 radical (unpaired) electrons. The molecule has 1 rings (SSSR count). The Labute approximate surface area is 243 Å². The molecule has 1 N–H and O–H groups in total. The van der Waals surface area contributed by atoms with Gasteiger partial charge in [0.25, 0.3) is 0 Å². The minimum Gasteiger partial charge on any atom is -0.302 e. The van der Waals surface area contributed by atoms with Crippen LogP contribution in [0.1, 0.15) is 156 Å². The van der Waals surface area contributed by atoms with E-state index in [1.165, 1.54) is 135 Å². The summed E-state index contributed by atoms with van der Waals surface area (Å²) in [5, 5.41) is 0. The Bertz CT molecular complexity index is 560. The fraction of sp³-hybridized carbons (Fsp3) is 1.00. The highest BCUT2D eigenvalue weighted by molar-refractivity contribution is 7.47. The highest BCUT2D eigenvalue weighted by Gasteiger charge is 2.23. The third-order valence-electron chi connectivity index (χ3n) is 8.33. The molecular weight excluding hydrogens is 507 g/mol. The number of rotatable bonds is 28. The Morgan fingerprint density at radius 1 is 0.590 bits per heavy atom. The van der Waals surface area contributed by atoms with Crippen LogP contribution >= 0.6 is 7.82 Å². The average molecular weight is 575 g/mol. The zero-order chi connectivity index (χ0) is 28.4. The van der Waals surface area contributed by atoms with E-state index in [1.54, 1.807) is 0 Å². The zero-order valence-electron chi connectivity index (χ0n) is 26.4. The maximum Gasteiger partial charge on any atom is 0.472 e. The largest absolute Gasteiger partial charge is 0.472 e. The monoisotopic (exact) mass is 574 g/mol. The molecule has 0 aliphatic carbocycles. The molecule has 0 aromatic rings. The van der Waals surface area contributed by atoms with Gasteiger partial charge in [-0.05, 0) is 38.6 Å². The summed E-state index contributed by atoms with van der Waals surface area (Å²) in [4.78, 5) is 15.3. The van der Waals surface area contributed by atoms with Crippen molar-refractivity contribution in [1.82, 2.24) is 9.80 Å². The van der Waals surface area contributed by atoms with Crippen molar-refractivity contribution in [2.24, 2.45) is 0 Å². The van der Waals surface area contributed by atoms with Gasteiger partial charge in [0.15, 0.2) is 0 Å². The molecule has 1 saturated heterocycles. The highest BCUT2D eigenvalue weighted by atomic mass is 31.2. The quantitative estimate of drug-likeness (QED) is 0.0742. The van der Waals surface area contributed by atoms with Crippen molar-refractivity contribution in [3.8, 4) is 0 Å². The van der Waals surface area contributed by atoms with Crippen molar-refractivity contribution in [2.75, 3.05) is 45.9 Å². The van der Waals surface area contributed by atoms with Gasteiger partial charge in [0.05, 0.1) is 13.2 Å². The van der Waals surface area contributed by atoms with Gasteiger partial charge < -0.3 is 9.79 Å². The molecule has 1 aliphatic heterocycles. The van der Waals surface area contributed by atoms with E-state index in [1.807, 2.05) is 0 Å². The fourth-order valence-corrected chi connectivity index (χ4v) is 6.52. The second-order valence-electron chi connectivity index (χ2n) is 11.9. The van der Waals surface area contributed by atoms with Gasteiger partial charge >= 0.3 is 7.82 Å². The third-order valence-corrected chi connectivity index (χ3v) is 9.35. The molecule has 6 nitrogen and oxygen atoms in total. The maximum atomic E-state index is 12.0. The van der Waals surface area contributed by atoms with Crippen LogP contribution in [0.15, 0.2) is 0 Å². The number of unbranched alkanes of at least 4 members (excludes halogenated alkanes) is 15. The summed E-state index contributed by atoms with van der Waals surface area (Å²) in [5.74, 6) is 0. The van der Waals surface area contributed by atoms with Crippen LogP contribution in [0.3, 0.4) is 0 Å². The number of hydrogen-bond donors (Lipinski definition) is 1. The number of piperazine rings is 1. The summed E-state index contributed by atoms with van der Waals surface area (Å²) in [7, 11) is -3.89. The molecule has 1 aliphatic rings. The Morgan fingerprint density at radius 3 is 1.49 bits per heavy atom. The van der Waals surface area contributed by atoms with Crippen LogP contribution in [-0.4, -0.2) is 66.7 Å². The SMILES string of the molecule is CCCCCCCCCOP(=O)(O)OCCCCCCN1CCN(C(CCCCCC)CCCCCC)CC1. The Balaban J connectivity index is 2.08. The van der Waals surface area contributed by atoms with Crippen molar-refractivity contribution in [3.63, 3.8) is 0 Å². The first-order valence-electron chi connectivity index (χ1n) is 17.1. The van der Waals surface area contributed by atoms with E-state index in [-0.39, 0.29) is 0 Å². The molecule has 234 valence electrons. The molecule has 1 fully saturated rings. The van der Waals surface area contributed by atoms with Crippen LogP contribution in [0.4, 0.5) is 0 Å². The van der Waals surface area contributed by atoms with E-state index in [2.05, 4.69) is 30.6 Å². The topological polar surface area (TPSA) is 62.2 Å². The number of phosphoric acid groups is 1. The van der Waals surface area contributed by atoms with E-state index in [4.69, 9.17) is 9.05 Å². The lowest BCUT2D eigenvalue weighted by atomic mass is 9.99. The van der Waals surface area contributed by atoms with Gasteiger partial charge in [0, 0.05) is 32.2 Å². The molecule has 0 aromatic heterocycles. The summed E-state index contributed by atoms with van der Waals surface area (Å²) in [6.45, 7) is 13.5. The van der Waals surface area contributed by atoms with Gasteiger partial charge in [0.2, 0.25) is 0 Å². The second kappa shape index (κ2) is 25.7. The molecule has 0 saturated carbocycles. The maximum absolute atomic E-state index is 12.0. The molecule has 7 heteroatoms. The van der Waals surface area contributed by atoms with Crippen LogP contribution in [0.2, 0.25) is 0 Å². The van der Waals surface area contributed by atoms with E-state index in [9.17, 15) is 9.46 Å². The zero-order valence-corrected chi connectivity index (χ0v) is 27.3. The standard InChI is InChI=1S/C32H67N2O4P/c1-4-7-10-13-14-16-21-30-37-39(35,36)38-31-22-17-15-20-25-33-26-28-34(29-27-33)32(23-18-11-8-5-2)24-19-12-9-6-3/h32H,4-31H2,1-3H3,(H,35,36). The Hall–Kier alpha value is 0.0300. The van der Waals surface area contributed by atoms with E-state index >= 15 is 0 Å². The van der Waals surface area contributed by atoms with E-state index in [0.717, 1.165) is 38.1 Å². The van der Waals surface area contributed by atoms with Crippen molar-refractivity contribution in [2.45, 2.75) is 162 Å². The first kappa shape index (κ1) is 37.1. The average Bonchev–Trinajstić information content (AvgIpc) is 2.93. The first-order chi connectivity index (χ1) is 19.0. The molecule has 0 amide bonds. The van der Waals surface area contributed by atoms with Crippen molar-refractivity contribution in [1.29, 1.82) is 0 Å². The highest BCUT2D eigenvalue weighted by Crippen LogP contribution is 2.43. The van der Waals surface area contributed by atoms with Gasteiger partial charge in [-0.3, -0.25) is 13.9 Å². The second-order valence-corrected chi connectivity index (χ2v) is 13.4. The number of hydrogen-bond acceptors (Lipinski definition) is 5. The fourth-order valence-electron chi connectivity index (χ4n) is 5.72. The van der Waals surface area contributed by atoms with Crippen LogP contribution in [0.5, 0.6) is 0 Å². The Morgan fingerprint density at radius 2 is 1.00 bits per heavy atom. The first-order valence-corrected chi connectivity index (χ1v) is 18.6. The number of phosphoric ester groups is 1. The van der Waals surface area contributed by atoms with Crippen LogP contribution in [-0.2, 0) is 13.6 Å². The predicted octanol–water partition coefficient (Wildman–Crippen LogP) is 9.36. The minimum absolute atomic E-state index is 0.307. The summed E-state index contributed by atoms with van der Waals surface area (Å²) >= 11 is 0. The summed E-state index contributed by atoms with van der Waals surface area (Å²) in [5.41, 5.74) is 0. The molecule has 0 aromatic carbocycles. The molecule has 0 bridgehead atoms. The van der Waals surface area contributed by atoms with Gasteiger partial charge in [-0.25, -0.2) is 4.57 Å². The van der Waals surface area contributed by atoms with Crippen LogP contribution < -0.4 is 0 Å². The molecule has 1 atom stereocenters. The van der Waals surface area contributed by atoms with Gasteiger partial charge in [0.1, 0.15) is 0 Å². The van der Waals surface area contributed by atoms with E-state index in [0.29, 0.717) is 13.2 Å². The molecule has 1 heterocycles. The number of nitrogens with zero attached hydrogens (tertiary/aromatic N) is 2. The van der Waals surface area contributed by atoms with Crippen molar-refractivity contribution in [3.05, 3.63) is 0 Å². The predicted molar refractivity (Wildman–Crippen MR) is 168 cm³/mol. The van der Waals surface area contributed by atoms with Gasteiger partial charge in [-0.1, -0.05) is 124 Å². The normalized spacial score (nSPS) is 16.7. The smallest absolute Gasteiger partial charge is 0.302 e. The van der Waals surface area contributed by atoms with Crippen molar-refractivity contribution < 1.29 is 18.5 Å². The summed E-state index contributed by atoms with van der Waals surface area (Å²) in [6, 6.07) is 0.794. The lowest BCUT2D eigenvalue weighted by molar-refractivity contribution is 0.0845. The summed E-state index contributed by atoms with van der Waals surface area (Å²) in [6.07, 6.45) is 26.1. The lowest BCUT2D eigenvalue weighted by Gasteiger charge is -2.39. The van der Waals surface area contributed by atoms with Gasteiger partial charge in [-0.2, -0.15) is 0 Å². The lowest BCUT2D eigenvalue weighted by Crippen LogP contribution is -2.50. The third kappa shape index (κ3) is 21.4. The van der Waals surface area contributed by atoms with E-state index < -0.39 is 7.82 Å². The summed E-state index contributed by atoms with van der Waals surface area (Å²) < 4.78 is 22.3. The van der Waals surface area contributed by atoms with Crippen LogP contribution in [0, 0.1) is 0 Å². The van der Waals surface area contributed by atoms with Gasteiger partial charge in [-0.15, -0.1) is 0 Å². The Kier molecular flexibility index (Phi) is 24.4. The molecule has 0 spiro atoms. The van der Waals surface area contributed by atoms with Crippen LogP contribution in [0.25, 0.3) is 0 Å². The molecule has 39 heavy (non-hydrogen) atoms. The minimum atomic E-state index is -3.89. The molecular formula is C32H67N2O4P. The van der Waals surface area contributed by atoms with Crippen molar-refractivity contribution >= 4 is 7.82 Å².